The van der Waals surface area contributed by atoms with Gasteiger partial charge < -0.3 is 10.2 Å². The molecule has 0 radical (unpaired) electrons. The summed E-state index contributed by atoms with van der Waals surface area (Å²) in [5.41, 5.74) is 0. The standard InChI is InChI=1S/C36H76N2O2/c1-7-11-13-15-17-19-23-27-35(39)31-37(33(5)9-3)29-25-21-22-26-30-38(34(6)10-4)32-36(40)28-24-20-18-16-14-12-8-2/h33-36,39-40H,7-32H2,1-6H3. The third-order valence-electron chi connectivity index (χ3n) is 9.24. The predicted octanol–water partition coefficient (Wildman–Crippen LogP) is 9.75. The SMILES string of the molecule is CCCCCCCCCC(O)CN(CCCCCCN(CC(O)CCCCCCCCC)C(C)CC)C(C)CC. The maximum Gasteiger partial charge on any atom is 0.0667 e. The topological polar surface area (TPSA) is 46.9 Å². The Bertz CT molecular complexity index is 459. The third kappa shape index (κ3) is 23.4. The molecule has 0 aromatic heterocycles. The van der Waals surface area contributed by atoms with Crippen LogP contribution in [0.2, 0.25) is 0 Å². The second kappa shape index (κ2) is 28.9. The summed E-state index contributed by atoms with van der Waals surface area (Å²) >= 11 is 0. The van der Waals surface area contributed by atoms with Crippen LogP contribution in [-0.2, 0) is 0 Å². The molecule has 40 heavy (non-hydrogen) atoms. The minimum Gasteiger partial charge on any atom is -0.392 e. The predicted molar refractivity (Wildman–Crippen MR) is 178 cm³/mol. The third-order valence-corrected chi connectivity index (χ3v) is 9.24. The molecule has 2 N–H and O–H groups in total. The van der Waals surface area contributed by atoms with Crippen LogP contribution >= 0.6 is 0 Å². The van der Waals surface area contributed by atoms with Gasteiger partial charge in [0.05, 0.1) is 12.2 Å². The average molecular weight is 569 g/mol. The van der Waals surface area contributed by atoms with Crippen LogP contribution in [0.4, 0.5) is 0 Å². The lowest BCUT2D eigenvalue weighted by Gasteiger charge is -2.31. The van der Waals surface area contributed by atoms with E-state index in [2.05, 4.69) is 51.3 Å². The highest BCUT2D eigenvalue weighted by molar-refractivity contribution is 4.73. The summed E-state index contributed by atoms with van der Waals surface area (Å²) in [5, 5.41) is 21.4. The van der Waals surface area contributed by atoms with Gasteiger partial charge in [-0.2, -0.15) is 0 Å². The van der Waals surface area contributed by atoms with Crippen molar-refractivity contribution in [3.05, 3.63) is 0 Å². The van der Waals surface area contributed by atoms with Gasteiger partial charge in [-0.05, 0) is 65.5 Å². The van der Waals surface area contributed by atoms with Gasteiger partial charge >= 0.3 is 0 Å². The lowest BCUT2D eigenvalue weighted by Crippen LogP contribution is -2.39. The van der Waals surface area contributed by atoms with Crippen molar-refractivity contribution in [3.63, 3.8) is 0 Å². The molecule has 0 aromatic rings. The molecule has 242 valence electrons. The summed E-state index contributed by atoms with van der Waals surface area (Å²) in [6, 6.07) is 1.09. The van der Waals surface area contributed by atoms with Crippen LogP contribution in [0.5, 0.6) is 0 Å². The van der Waals surface area contributed by atoms with Gasteiger partial charge in [0.25, 0.3) is 0 Å². The maximum absolute atomic E-state index is 10.7. The van der Waals surface area contributed by atoms with Crippen LogP contribution in [0.1, 0.15) is 183 Å². The molecule has 0 aromatic carbocycles. The number of aliphatic hydroxyl groups is 2. The Morgan fingerprint density at radius 1 is 0.425 bits per heavy atom. The molecule has 0 spiro atoms. The van der Waals surface area contributed by atoms with E-state index in [4.69, 9.17) is 0 Å². The van der Waals surface area contributed by atoms with Gasteiger partial charge in [0.15, 0.2) is 0 Å². The highest BCUT2D eigenvalue weighted by Crippen LogP contribution is 2.16. The normalized spacial score (nSPS) is 15.2. The minimum absolute atomic E-state index is 0.179. The molecule has 0 bridgehead atoms. The van der Waals surface area contributed by atoms with E-state index in [1.54, 1.807) is 0 Å². The molecule has 4 unspecified atom stereocenters. The highest BCUT2D eigenvalue weighted by atomic mass is 16.3. The summed E-state index contributed by atoms with van der Waals surface area (Å²) in [4.78, 5) is 5.08. The zero-order valence-corrected chi connectivity index (χ0v) is 28.5. The van der Waals surface area contributed by atoms with Gasteiger partial charge in [0.1, 0.15) is 0 Å². The molecule has 0 aliphatic heterocycles. The molecular formula is C36H76N2O2. The molecule has 0 saturated heterocycles. The van der Waals surface area contributed by atoms with E-state index in [0.717, 1.165) is 51.9 Å². The van der Waals surface area contributed by atoms with Crippen molar-refractivity contribution in [1.82, 2.24) is 9.80 Å². The lowest BCUT2D eigenvalue weighted by atomic mass is 10.0. The van der Waals surface area contributed by atoms with Crippen molar-refractivity contribution in [1.29, 1.82) is 0 Å². The van der Waals surface area contributed by atoms with Crippen molar-refractivity contribution in [2.75, 3.05) is 26.2 Å². The van der Waals surface area contributed by atoms with E-state index < -0.39 is 0 Å². The fourth-order valence-electron chi connectivity index (χ4n) is 5.88. The molecule has 4 heteroatoms. The first kappa shape index (κ1) is 39.8. The molecule has 0 fully saturated rings. The molecule has 0 aliphatic rings. The molecule has 0 amide bonds. The first-order valence-corrected chi connectivity index (χ1v) is 18.2. The van der Waals surface area contributed by atoms with Crippen LogP contribution in [0.3, 0.4) is 0 Å². The average Bonchev–Trinajstić information content (AvgIpc) is 2.95. The van der Waals surface area contributed by atoms with Gasteiger partial charge in [-0.3, -0.25) is 9.80 Å². The summed E-state index contributed by atoms with van der Waals surface area (Å²) < 4.78 is 0. The Morgan fingerprint density at radius 3 is 1.05 bits per heavy atom. The first-order chi connectivity index (χ1) is 19.4. The van der Waals surface area contributed by atoms with Gasteiger partial charge in [0, 0.05) is 25.2 Å². The lowest BCUT2D eigenvalue weighted by molar-refractivity contribution is 0.0782. The van der Waals surface area contributed by atoms with E-state index >= 15 is 0 Å². The summed E-state index contributed by atoms with van der Waals surface area (Å²) in [5.74, 6) is 0. The molecule has 4 atom stereocenters. The first-order valence-electron chi connectivity index (χ1n) is 18.2. The van der Waals surface area contributed by atoms with Crippen molar-refractivity contribution in [2.45, 2.75) is 207 Å². The van der Waals surface area contributed by atoms with Gasteiger partial charge in [-0.1, -0.05) is 130 Å². The number of rotatable bonds is 31. The van der Waals surface area contributed by atoms with E-state index in [1.807, 2.05) is 0 Å². The van der Waals surface area contributed by atoms with Crippen molar-refractivity contribution in [3.8, 4) is 0 Å². The smallest absolute Gasteiger partial charge is 0.0667 e. The van der Waals surface area contributed by atoms with Crippen LogP contribution in [0.25, 0.3) is 0 Å². The Balaban J connectivity index is 4.20. The molecule has 0 rings (SSSR count). The number of aliphatic hydroxyl groups excluding tert-OH is 2. The molecule has 0 aliphatic carbocycles. The van der Waals surface area contributed by atoms with E-state index in [-0.39, 0.29) is 12.2 Å². The van der Waals surface area contributed by atoms with Crippen molar-refractivity contribution in [2.24, 2.45) is 0 Å². The van der Waals surface area contributed by atoms with E-state index in [9.17, 15) is 10.2 Å². The minimum atomic E-state index is -0.179. The van der Waals surface area contributed by atoms with Crippen molar-refractivity contribution >= 4 is 0 Å². The zero-order chi connectivity index (χ0) is 29.8. The number of nitrogens with zero attached hydrogens (tertiary/aromatic N) is 2. The largest absolute Gasteiger partial charge is 0.392 e. The molecule has 0 heterocycles. The van der Waals surface area contributed by atoms with Crippen molar-refractivity contribution < 1.29 is 10.2 Å². The number of hydrogen-bond donors (Lipinski definition) is 2. The van der Waals surface area contributed by atoms with E-state index in [1.165, 1.54) is 116 Å². The monoisotopic (exact) mass is 569 g/mol. The summed E-state index contributed by atoms with van der Waals surface area (Å²) in [6.07, 6.45) is 27.2. The number of hydrogen-bond acceptors (Lipinski definition) is 4. The van der Waals surface area contributed by atoms with Gasteiger partial charge in [-0.15, -0.1) is 0 Å². The highest BCUT2D eigenvalue weighted by Gasteiger charge is 2.18. The Hall–Kier alpha value is -0.160. The van der Waals surface area contributed by atoms with Crippen LogP contribution in [0, 0.1) is 0 Å². The zero-order valence-electron chi connectivity index (χ0n) is 28.5. The fourth-order valence-corrected chi connectivity index (χ4v) is 5.88. The Morgan fingerprint density at radius 2 is 0.725 bits per heavy atom. The Kier molecular flexibility index (Phi) is 28.8. The fraction of sp³-hybridized carbons (Fsp3) is 1.00. The molecular weight excluding hydrogens is 492 g/mol. The van der Waals surface area contributed by atoms with Gasteiger partial charge in [0.2, 0.25) is 0 Å². The summed E-state index contributed by atoms with van der Waals surface area (Å²) in [7, 11) is 0. The van der Waals surface area contributed by atoms with Crippen LogP contribution in [-0.4, -0.2) is 70.5 Å². The quantitative estimate of drug-likeness (QED) is 0.0817. The Labute approximate surface area is 253 Å². The van der Waals surface area contributed by atoms with Crippen LogP contribution < -0.4 is 0 Å². The molecule has 4 nitrogen and oxygen atoms in total. The molecule has 0 saturated carbocycles. The number of unbranched alkanes of at least 4 members (excludes halogenated alkanes) is 15. The second-order valence-electron chi connectivity index (χ2n) is 13.0. The summed E-state index contributed by atoms with van der Waals surface area (Å²) in [6.45, 7) is 17.6. The van der Waals surface area contributed by atoms with E-state index in [0.29, 0.717) is 12.1 Å². The van der Waals surface area contributed by atoms with Crippen LogP contribution in [0.15, 0.2) is 0 Å². The van der Waals surface area contributed by atoms with Gasteiger partial charge in [-0.25, -0.2) is 0 Å². The maximum atomic E-state index is 10.7. The second-order valence-corrected chi connectivity index (χ2v) is 13.0.